The highest BCUT2D eigenvalue weighted by Crippen LogP contribution is 2.42. The van der Waals surface area contributed by atoms with E-state index in [1.807, 2.05) is 121 Å². The number of rotatable bonds is 8. The van der Waals surface area contributed by atoms with Gasteiger partial charge in [0.15, 0.2) is 0 Å². The molecule has 0 aliphatic heterocycles. The maximum absolute atomic E-state index is 9.47. The van der Waals surface area contributed by atoms with Crippen molar-refractivity contribution in [2.24, 2.45) is 0 Å². The number of hydrogen-bond donors (Lipinski definition) is 0. The first-order valence-corrected chi connectivity index (χ1v) is 23.5. The van der Waals surface area contributed by atoms with E-state index in [9.17, 15) is 2.74 Å². The summed E-state index contributed by atoms with van der Waals surface area (Å²) in [4.78, 5) is 4.87. The Hall–Kier alpha value is -8.28. The zero-order valence-electron chi connectivity index (χ0n) is 49.8. The first kappa shape index (κ1) is 33.3. The Morgan fingerprint density at radius 1 is 0.571 bits per heavy atom. The zero-order valence-corrected chi connectivity index (χ0v) is 39.8. The molecule has 0 N–H and O–H groups in total. The van der Waals surface area contributed by atoms with Crippen molar-refractivity contribution in [2.75, 3.05) is 0 Å². The second kappa shape index (κ2) is 16.7. The molecule has 0 aliphatic carbocycles. The van der Waals surface area contributed by atoms with Crippen LogP contribution in [-0.2, 0) is 17.3 Å². The van der Waals surface area contributed by atoms with E-state index in [1.165, 1.54) is 0 Å². The van der Waals surface area contributed by atoms with Crippen LogP contribution in [0.4, 0.5) is 0 Å². The molecule has 0 fully saturated rings. The molecule has 12 aromatic rings. The van der Waals surface area contributed by atoms with Crippen LogP contribution in [-0.4, -0.2) is 14.1 Å². The molecule has 0 spiro atoms. The minimum atomic E-state index is -0.540. The summed E-state index contributed by atoms with van der Waals surface area (Å²) in [7, 11) is 0. The lowest BCUT2D eigenvalue weighted by atomic mass is 9.80. The summed E-state index contributed by atoms with van der Waals surface area (Å²) in [6, 6.07) is 40.3. The van der Waals surface area contributed by atoms with Crippen LogP contribution in [0.1, 0.15) is 77.5 Å². The van der Waals surface area contributed by atoms with Gasteiger partial charge in [0.25, 0.3) is 6.33 Å². The van der Waals surface area contributed by atoms with Gasteiger partial charge in [0.2, 0.25) is 0 Å². The van der Waals surface area contributed by atoms with Gasteiger partial charge < -0.3 is 4.42 Å². The van der Waals surface area contributed by atoms with E-state index in [0.29, 0.717) is 39.9 Å². The third-order valence-corrected chi connectivity index (χ3v) is 13.3. The number of nitrogens with zero attached hydrogens (tertiary/aromatic N) is 4. The minimum absolute atomic E-state index is 0.00389. The van der Waals surface area contributed by atoms with Crippen LogP contribution in [0.15, 0.2) is 211 Å². The average Bonchev–Trinajstić information content (AvgIpc) is 3.60. The van der Waals surface area contributed by atoms with Crippen LogP contribution in [0.2, 0.25) is 0 Å². The molecule has 0 aliphatic rings. The minimum Gasteiger partial charge on any atom is -0.464 e. The topological polar surface area (TPSA) is 39.8 Å². The number of pyridine rings is 1. The third kappa shape index (κ3) is 7.68. The Bertz CT molecular complexity index is 4500. The summed E-state index contributed by atoms with van der Waals surface area (Å²) in [6.07, 6.45) is 7.81. The summed E-state index contributed by atoms with van der Waals surface area (Å²) in [5, 5.41) is 3.14. The summed E-state index contributed by atoms with van der Waals surface area (Å²) in [6.45, 7) is 12.3. The highest BCUT2D eigenvalue weighted by molar-refractivity contribution is 6.09. The van der Waals surface area contributed by atoms with Gasteiger partial charge in [0.05, 0.1) is 53.4 Å². The number of imidazole rings is 1. The van der Waals surface area contributed by atoms with E-state index in [1.54, 1.807) is 6.26 Å². The quantitative estimate of drug-likeness (QED) is 0.113. The highest BCUT2D eigenvalue weighted by atomic mass is 16.3. The van der Waals surface area contributed by atoms with E-state index in [4.69, 9.17) is 20.4 Å². The fraction of sp³-hybridized carbons (Fsp3) is 0.138. The average molecular weight is 917 g/mol. The Morgan fingerprint density at radius 2 is 1.23 bits per heavy atom. The van der Waals surface area contributed by atoms with Gasteiger partial charge in [-0.2, -0.15) is 0 Å². The second-order valence-corrected chi connectivity index (χ2v) is 20.0. The maximum Gasteiger partial charge on any atom is 0.269 e. The molecule has 70 heavy (non-hydrogen) atoms. The van der Waals surface area contributed by atoms with Gasteiger partial charge in [0.1, 0.15) is 11.4 Å². The lowest BCUT2D eigenvalue weighted by molar-refractivity contribution is -0.571. The number of fused-ring (bicyclic) bond motifs is 5. The number of para-hydroxylation sites is 3. The van der Waals surface area contributed by atoms with Gasteiger partial charge in [-0.3, -0.25) is 13.7 Å². The maximum atomic E-state index is 9.47. The van der Waals surface area contributed by atoms with E-state index >= 15 is 0 Å². The second-order valence-electron chi connectivity index (χ2n) is 20.0. The molecule has 5 heteroatoms. The summed E-state index contributed by atoms with van der Waals surface area (Å²) >= 11 is 0. The van der Waals surface area contributed by atoms with Crippen LogP contribution >= 0.6 is 0 Å². The van der Waals surface area contributed by atoms with Crippen LogP contribution in [0, 0.1) is 6.33 Å². The molecule has 340 valence electrons. The monoisotopic (exact) mass is 916 g/mol. The lowest BCUT2D eigenvalue weighted by Crippen LogP contribution is -2.32. The van der Waals surface area contributed by atoms with Gasteiger partial charge in [-0.1, -0.05) is 193 Å². The number of hydrogen-bond acceptors (Lipinski definition) is 2. The lowest BCUT2D eigenvalue weighted by Gasteiger charge is -2.27. The van der Waals surface area contributed by atoms with Gasteiger partial charge in [-0.05, 0) is 109 Å². The molecule has 0 unspecified atom stereocenters. The molecular formula is C65H54N4O. The summed E-state index contributed by atoms with van der Waals surface area (Å²) in [5.41, 5.74) is 10.3. The van der Waals surface area contributed by atoms with E-state index in [2.05, 4.69) is 80.2 Å². The molecule has 0 saturated carbocycles. The fourth-order valence-electron chi connectivity index (χ4n) is 9.66. The predicted molar refractivity (Wildman–Crippen MR) is 289 cm³/mol. The molecule has 0 amide bonds. The molecule has 12 rings (SSSR count). The molecule has 4 aromatic heterocycles. The van der Waals surface area contributed by atoms with Crippen molar-refractivity contribution >= 4 is 43.8 Å². The van der Waals surface area contributed by atoms with E-state index in [-0.39, 0.29) is 35.3 Å². The largest absolute Gasteiger partial charge is 0.464 e. The number of furan rings is 1. The molecule has 0 radical (unpaired) electrons. The van der Waals surface area contributed by atoms with Crippen molar-refractivity contribution in [3.63, 3.8) is 0 Å². The van der Waals surface area contributed by atoms with Crippen molar-refractivity contribution < 1.29 is 22.7 Å². The number of aromatic nitrogens is 4. The van der Waals surface area contributed by atoms with Crippen molar-refractivity contribution in [3.05, 3.63) is 235 Å². The predicted octanol–water partition coefficient (Wildman–Crippen LogP) is 16.1. The number of benzene rings is 8. The zero-order chi connectivity index (χ0) is 56.4. The normalized spacial score (nSPS) is 14.2. The van der Waals surface area contributed by atoms with Gasteiger partial charge in [-0.15, -0.1) is 0 Å². The van der Waals surface area contributed by atoms with Crippen LogP contribution in [0.5, 0.6) is 0 Å². The fourth-order valence-corrected chi connectivity index (χ4v) is 9.66. The van der Waals surface area contributed by atoms with Crippen molar-refractivity contribution in [3.8, 4) is 50.6 Å². The summed E-state index contributed by atoms with van der Waals surface area (Å²) < 4.78 is 101. The molecule has 0 bridgehead atoms. The van der Waals surface area contributed by atoms with E-state index < -0.39 is 47.1 Å². The van der Waals surface area contributed by atoms with Gasteiger partial charge in [-0.25, -0.2) is 4.98 Å². The Labute approximate surface area is 423 Å². The van der Waals surface area contributed by atoms with Crippen LogP contribution in [0.3, 0.4) is 0 Å². The first-order chi connectivity index (χ1) is 38.1. The molecule has 8 aromatic carbocycles. The standard InChI is InChI=1S/C65H54N4O/c1-64(2,3)50-36-48(45-19-9-7-10-20-45)35-49(37-50)56-39-51(65(4,5)6)38-55(46-21-11-8-12-22-46)63(56)68-42-67(58-26-15-16-27-59(58)68)52-23-17-18-43(33-52)32-44-28-29-54-53-24-13-14-25-57(53)69(60(54)34-44)62-40-61-47(41-66-62)30-31-70-61/h7-31,33-41H,32H2,1-6H3/i7D,8D,9D,10D,11D,12D,19D,20D,21D,22D. The van der Waals surface area contributed by atoms with Crippen molar-refractivity contribution in [1.29, 1.82) is 0 Å². The smallest absolute Gasteiger partial charge is 0.269 e. The third-order valence-electron chi connectivity index (χ3n) is 13.3. The molecule has 0 saturated heterocycles. The van der Waals surface area contributed by atoms with Gasteiger partial charge >= 0.3 is 0 Å². The Kier molecular flexibility index (Phi) is 7.96. The van der Waals surface area contributed by atoms with Crippen LogP contribution in [0.25, 0.3) is 94.4 Å². The summed E-state index contributed by atoms with van der Waals surface area (Å²) in [5.74, 6) is 0.753. The highest BCUT2D eigenvalue weighted by Gasteiger charge is 2.26. The Balaban J connectivity index is 1.08. The first-order valence-electron chi connectivity index (χ1n) is 28.5. The molecule has 5 nitrogen and oxygen atoms in total. The molecule has 0 atom stereocenters. The van der Waals surface area contributed by atoms with Gasteiger partial charge in [0, 0.05) is 28.4 Å². The van der Waals surface area contributed by atoms with E-state index in [0.717, 1.165) is 72.1 Å². The Morgan fingerprint density at radius 3 is 2.00 bits per heavy atom. The molecular weight excluding hydrogens is 853 g/mol. The van der Waals surface area contributed by atoms with Crippen molar-refractivity contribution in [1.82, 2.24) is 14.1 Å². The SMILES string of the molecule is [2H]c1c([2H])c([2H])c(-c2cc(-c3cc(C(C)(C)C)cc(-c4c([2H])c([2H])c([2H])c([2H])c4[2H])c3-[n+]3[c-]n(-c4cccc(Cc5ccc6c7ccccc7n(-c7cc8occc8cn7)c6c5)c4)c4ccccc43)cc(C(C)(C)C)c2)c([2H])c1[2H]. The molecule has 4 heterocycles. The van der Waals surface area contributed by atoms with Crippen molar-refractivity contribution in [2.45, 2.75) is 58.8 Å². The van der Waals surface area contributed by atoms with Crippen LogP contribution < -0.4 is 4.57 Å².